The molecular formula is C11H19N3. The maximum Gasteiger partial charge on any atom is 0.128 e. The van der Waals surface area contributed by atoms with Gasteiger partial charge in [0.15, 0.2) is 0 Å². The molecule has 1 heterocycles. The van der Waals surface area contributed by atoms with Gasteiger partial charge in [-0.25, -0.2) is 4.98 Å². The van der Waals surface area contributed by atoms with Gasteiger partial charge < -0.3 is 10.6 Å². The lowest BCUT2D eigenvalue weighted by molar-refractivity contribution is 0.757. The molecule has 0 saturated heterocycles. The fraction of sp³-hybridized carbons (Fsp3) is 0.545. The van der Waals surface area contributed by atoms with E-state index in [0.29, 0.717) is 6.54 Å². The first-order valence-corrected chi connectivity index (χ1v) is 5.15. The van der Waals surface area contributed by atoms with Crippen molar-refractivity contribution in [2.24, 2.45) is 5.73 Å². The van der Waals surface area contributed by atoms with Crippen molar-refractivity contribution < 1.29 is 0 Å². The molecular weight excluding hydrogens is 174 g/mol. The van der Waals surface area contributed by atoms with Gasteiger partial charge in [0, 0.05) is 20.1 Å². The Morgan fingerprint density at radius 3 is 2.86 bits per heavy atom. The van der Waals surface area contributed by atoms with Gasteiger partial charge in [0.25, 0.3) is 0 Å². The smallest absolute Gasteiger partial charge is 0.128 e. The number of aromatic nitrogens is 1. The van der Waals surface area contributed by atoms with E-state index in [1.165, 1.54) is 12.8 Å². The van der Waals surface area contributed by atoms with E-state index in [1.807, 2.05) is 18.2 Å². The fourth-order valence-electron chi connectivity index (χ4n) is 1.30. The second-order valence-corrected chi connectivity index (χ2v) is 3.47. The van der Waals surface area contributed by atoms with Crippen LogP contribution in [0.25, 0.3) is 0 Å². The molecule has 3 nitrogen and oxygen atoms in total. The van der Waals surface area contributed by atoms with Crippen LogP contribution in [0.5, 0.6) is 0 Å². The molecule has 0 bridgehead atoms. The number of unbranched alkanes of at least 4 members (excludes halogenated alkanes) is 1. The summed E-state index contributed by atoms with van der Waals surface area (Å²) in [7, 11) is 2.07. The van der Waals surface area contributed by atoms with Gasteiger partial charge in [-0.15, -0.1) is 0 Å². The Labute approximate surface area is 85.9 Å². The van der Waals surface area contributed by atoms with Crippen LogP contribution in [-0.4, -0.2) is 18.6 Å². The molecule has 0 aliphatic rings. The Kier molecular flexibility index (Phi) is 4.40. The molecule has 1 aromatic rings. The van der Waals surface area contributed by atoms with E-state index >= 15 is 0 Å². The summed E-state index contributed by atoms with van der Waals surface area (Å²) in [6, 6.07) is 5.99. The molecule has 0 saturated carbocycles. The summed E-state index contributed by atoms with van der Waals surface area (Å²) >= 11 is 0. The van der Waals surface area contributed by atoms with Crippen molar-refractivity contribution in [1.82, 2.24) is 4.98 Å². The monoisotopic (exact) mass is 193 g/mol. The molecule has 0 amide bonds. The van der Waals surface area contributed by atoms with E-state index in [4.69, 9.17) is 5.73 Å². The Morgan fingerprint density at radius 1 is 1.43 bits per heavy atom. The Balaban J connectivity index is 2.64. The summed E-state index contributed by atoms with van der Waals surface area (Å²) in [4.78, 5) is 6.61. The van der Waals surface area contributed by atoms with E-state index in [0.717, 1.165) is 18.1 Å². The Hall–Kier alpha value is -1.09. The van der Waals surface area contributed by atoms with E-state index in [-0.39, 0.29) is 0 Å². The minimum atomic E-state index is 0.509. The Morgan fingerprint density at radius 2 is 2.21 bits per heavy atom. The first kappa shape index (κ1) is 11.0. The molecule has 14 heavy (non-hydrogen) atoms. The van der Waals surface area contributed by atoms with Crippen molar-refractivity contribution in [3.63, 3.8) is 0 Å². The standard InChI is InChI=1S/C11H19N3/c1-3-4-8-14(2)11-7-5-6-10(9-12)13-11/h5-7H,3-4,8-9,12H2,1-2H3. The van der Waals surface area contributed by atoms with Crippen LogP contribution in [0.2, 0.25) is 0 Å². The lowest BCUT2D eigenvalue weighted by Crippen LogP contribution is -2.20. The molecule has 78 valence electrons. The second kappa shape index (κ2) is 5.60. The third kappa shape index (κ3) is 3.00. The summed E-state index contributed by atoms with van der Waals surface area (Å²) in [5.74, 6) is 1.02. The van der Waals surface area contributed by atoms with Crippen LogP contribution in [0, 0.1) is 0 Å². The number of rotatable bonds is 5. The predicted octanol–water partition coefficient (Wildman–Crippen LogP) is 1.78. The molecule has 0 unspecified atom stereocenters. The van der Waals surface area contributed by atoms with Gasteiger partial charge in [-0.2, -0.15) is 0 Å². The highest BCUT2D eigenvalue weighted by molar-refractivity contribution is 5.37. The summed E-state index contributed by atoms with van der Waals surface area (Å²) in [6.07, 6.45) is 2.41. The maximum absolute atomic E-state index is 5.54. The largest absolute Gasteiger partial charge is 0.360 e. The second-order valence-electron chi connectivity index (χ2n) is 3.47. The third-order valence-corrected chi connectivity index (χ3v) is 2.24. The molecule has 0 radical (unpaired) electrons. The molecule has 0 atom stereocenters. The van der Waals surface area contributed by atoms with Gasteiger partial charge in [0.05, 0.1) is 5.69 Å². The highest BCUT2D eigenvalue weighted by Gasteiger charge is 2.01. The normalized spacial score (nSPS) is 10.2. The summed E-state index contributed by atoms with van der Waals surface area (Å²) in [6.45, 7) is 3.75. The zero-order valence-electron chi connectivity index (χ0n) is 9.03. The number of nitrogens with two attached hydrogens (primary N) is 1. The Bertz CT molecular complexity index is 273. The van der Waals surface area contributed by atoms with Crippen molar-refractivity contribution in [2.75, 3.05) is 18.5 Å². The lowest BCUT2D eigenvalue weighted by Gasteiger charge is -2.18. The molecule has 0 aliphatic heterocycles. The first-order valence-electron chi connectivity index (χ1n) is 5.15. The van der Waals surface area contributed by atoms with Crippen LogP contribution >= 0.6 is 0 Å². The van der Waals surface area contributed by atoms with Crippen molar-refractivity contribution >= 4 is 5.82 Å². The first-order chi connectivity index (χ1) is 6.77. The van der Waals surface area contributed by atoms with Gasteiger partial charge >= 0.3 is 0 Å². The van der Waals surface area contributed by atoms with Crippen LogP contribution in [0.1, 0.15) is 25.5 Å². The number of pyridine rings is 1. The van der Waals surface area contributed by atoms with Crippen LogP contribution in [-0.2, 0) is 6.54 Å². The van der Waals surface area contributed by atoms with Crippen molar-refractivity contribution in [3.8, 4) is 0 Å². The summed E-state index contributed by atoms with van der Waals surface area (Å²) < 4.78 is 0. The number of hydrogen-bond acceptors (Lipinski definition) is 3. The molecule has 0 aliphatic carbocycles. The SMILES string of the molecule is CCCCN(C)c1cccc(CN)n1. The number of hydrogen-bond donors (Lipinski definition) is 1. The van der Waals surface area contributed by atoms with Crippen LogP contribution in [0.3, 0.4) is 0 Å². The topological polar surface area (TPSA) is 42.1 Å². The predicted molar refractivity (Wildman–Crippen MR) is 60.3 cm³/mol. The summed E-state index contributed by atoms with van der Waals surface area (Å²) in [5.41, 5.74) is 6.49. The molecule has 1 rings (SSSR count). The minimum absolute atomic E-state index is 0.509. The third-order valence-electron chi connectivity index (χ3n) is 2.24. The fourth-order valence-corrected chi connectivity index (χ4v) is 1.30. The number of nitrogens with zero attached hydrogens (tertiary/aromatic N) is 2. The maximum atomic E-state index is 5.54. The quantitative estimate of drug-likeness (QED) is 0.775. The highest BCUT2D eigenvalue weighted by Crippen LogP contribution is 2.10. The highest BCUT2D eigenvalue weighted by atomic mass is 15.2. The van der Waals surface area contributed by atoms with Crippen LogP contribution in [0.15, 0.2) is 18.2 Å². The lowest BCUT2D eigenvalue weighted by atomic mass is 10.3. The van der Waals surface area contributed by atoms with Crippen molar-refractivity contribution in [1.29, 1.82) is 0 Å². The molecule has 0 aromatic carbocycles. The molecule has 2 N–H and O–H groups in total. The molecule has 1 aromatic heterocycles. The summed E-state index contributed by atoms with van der Waals surface area (Å²) in [5, 5.41) is 0. The zero-order chi connectivity index (χ0) is 10.4. The van der Waals surface area contributed by atoms with Gasteiger partial charge in [0.1, 0.15) is 5.82 Å². The van der Waals surface area contributed by atoms with E-state index < -0.39 is 0 Å². The van der Waals surface area contributed by atoms with Gasteiger partial charge in [-0.1, -0.05) is 19.4 Å². The average molecular weight is 193 g/mol. The van der Waals surface area contributed by atoms with E-state index in [2.05, 4.69) is 23.9 Å². The molecule has 0 fully saturated rings. The average Bonchev–Trinajstić information content (AvgIpc) is 2.26. The van der Waals surface area contributed by atoms with Crippen LogP contribution < -0.4 is 10.6 Å². The van der Waals surface area contributed by atoms with Gasteiger partial charge in [-0.3, -0.25) is 0 Å². The van der Waals surface area contributed by atoms with Crippen LogP contribution in [0.4, 0.5) is 5.82 Å². The molecule has 0 spiro atoms. The number of anilines is 1. The minimum Gasteiger partial charge on any atom is -0.360 e. The van der Waals surface area contributed by atoms with Gasteiger partial charge in [0.2, 0.25) is 0 Å². The van der Waals surface area contributed by atoms with E-state index in [1.54, 1.807) is 0 Å². The molecule has 3 heteroatoms. The zero-order valence-corrected chi connectivity index (χ0v) is 9.03. The van der Waals surface area contributed by atoms with Crippen molar-refractivity contribution in [2.45, 2.75) is 26.3 Å². The van der Waals surface area contributed by atoms with Gasteiger partial charge in [-0.05, 0) is 18.6 Å². The van der Waals surface area contributed by atoms with Crippen molar-refractivity contribution in [3.05, 3.63) is 23.9 Å². The van der Waals surface area contributed by atoms with E-state index in [9.17, 15) is 0 Å².